The lowest BCUT2D eigenvalue weighted by molar-refractivity contribution is -0.150. The van der Waals surface area contributed by atoms with Gasteiger partial charge in [-0.15, -0.1) is 11.3 Å². The summed E-state index contributed by atoms with van der Waals surface area (Å²) < 4.78 is 87.8. The van der Waals surface area contributed by atoms with Crippen LogP contribution in [0.3, 0.4) is 0 Å². The van der Waals surface area contributed by atoms with Gasteiger partial charge in [0.05, 0.1) is 11.5 Å². The van der Waals surface area contributed by atoms with E-state index in [1.54, 1.807) is 0 Å². The lowest BCUT2D eigenvalue weighted by atomic mass is 9.83. The molecular weight excluding hydrogens is 646 g/mol. The Bertz CT molecular complexity index is 1590. The second-order valence-electron chi connectivity index (χ2n) is 12.1. The van der Waals surface area contributed by atoms with E-state index in [2.05, 4.69) is 4.98 Å². The number of alkyl halides is 6. The highest BCUT2D eigenvalue weighted by molar-refractivity contribution is 7.10. The molecule has 3 atom stereocenters. The summed E-state index contributed by atoms with van der Waals surface area (Å²) in [7, 11) is 3.77. The third kappa shape index (κ3) is 7.52. The number of hydrogen-bond donors (Lipinski definition) is 0. The Balaban J connectivity index is 1.49. The molecule has 47 heavy (non-hydrogen) atoms. The Morgan fingerprint density at radius 3 is 2.47 bits per heavy atom. The minimum Gasteiger partial charge on any atom is -0.469 e. The zero-order valence-corrected chi connectivity index (χ0v) is 27.0. The number of fused-ring (bicyclic) bond motifs is 1. The number of aromatic nitrogens is 1. The molecule has 254 valence electrons. The Morgan fingerprint density at radius 1 is 1.04 bits per heavy atom. The van der Waals surface area contributed by atoms with Crippen molar-refractivity contribution in [1.82, 2.24) is 14.8 Å². The standard InChI is InChI=1S/C33H36F6N4O3S/c1-4-5-10-26-24(8-7-14-42(26)31(45)29-25(32(34,35)36)9-6-13-40-29)30(44)43-18-20-11-12-22(41(2)3)15-21(20)16-28(43)46-23-17-27(47-19-23)33(37,38)39/h6,9,11-13,15,17,19,24,26,28H,4-5,7-8,10,14,16,18H2,1-3H3/t24-,26-,28?/m1/s1. The number of pyridine rings is 1. The van der Waals surface area contributed by atoms with E-state index >= 15 is 0 Å². The van der Waals surface area contributed by atoms with E-state index in [9.17, 15) is 35.9 Å². The van der Waals surface area contributed by atoms with E-state index in [1.807, 2.05) is 44.1 Å². The van der Waals surface area contributed by atoms with Gasteiger partial charge in [0.25, 0.3) is 5.91 Å². The van der Waals surface area contributed by atoms with E-state index in [-0.39, 0.29) is 31.2 Å². The SMILES string of the molecule is CCCC[C@@H]1[C@H](C(=O)N2Cc3ccc(N(C)C)cc3CC2Oc2csc(C(F)(F)F)c2)CCCN1C(=O)c1ncccc1C(F)(F)F. The monoisotopic (exact) mass is 682 g/mol. The number of thiophene rings is 1. The lowest BCUT2D eigenvalue weighted by Gasteiger charge is -2.45. The molecule has 1 saturated heterocycles. The number of carbonyl (C=O) groups is 2. The molecule has 2 aromatic heterocycles. The highest BCUT2D eigenvalue weighted by Gasteiger charge is 2.45. The van der Waals surface area contributed by atoms with Crippen molar-refractivity contribution in [3.05, 3.63) is 75.2 Å². The fourth-order valence-electron chi connectivity index (χ4n) is 6.35. The van der Waals surface area contributed by atoms with E-state index in [4.69, 9.17) is 4.74 Å². The van der Waals surface area contributed by atoms with E-state index in [0.717, 1.165) is 47.6 Å². The van der Waals surface area contributed by atoms with Crippen molar-refractivity contribution in [3.8, 4) is 5.75 Å². The maximum Gasteiger partial charge on any atom is 0.425 e. The fourth-order valence-corrected chi connectivity index (χ4v) is 7.04. The Morgan fingerprint density at radius 2 is 1.81 bits per heavy atom. The second-order valence-corrected chi connectivity index (χ2v) is 13.0. The average molecular weight is 683 g/mol. The predicted molar refractivity (Wildman–Crippen MR) is 165 cm³/mol. The van der Waals surface area contributed by atoms with Crippen molar-refractivity contribution in [3.63, 3.8) is 0 Å². The Hall–Kier alpha value is -3.81. The van der Waals surface area contributed by atoms with Gasteiger partial charge in [0.2, 0.25) is 5.91 Å². The molecule has 0 spiro atoms. The largest absolute Gasteiger partial charge is 0.469 e. The van der Waals surface area contributed by atoms with Gasteiger partial charge >= 0.3 is 12.4 Å². The summed E-state index contributed by atoms with van der Waals surface area (Å²) in [6.07, 6.45) is -6.45. The number of carbonyl (C=O) groups excluding carboxylic acids is 2. The summed E-state index contributed by atoms with van der Waals surface area (Å²) in [5, 5.41) is 1.26. The molecule has 1 aromatic carbocycles. The van der Waals surface area contributed by atoms with Gasteiger partial charge in [0.1, 0.15) is 16.3 Å². The van der Waals surface area contributed by atoms with Crippen molar-refractivity contribution >= 4 is 28.8 Å². The number of piperidine rings is 1. The molecule has 0 radical (unpaired) electrons. The average Bonchev–Trinajstić information content (AvgIpc) is 3.51. The minimum absolute atomic E-state index is 0.0184. The van der Waals surface area contributed by atoms with Gasteiger partial charge in [0, 0.05) is 63.0 Å². The number of anilines is 1. The smallest absolute Gasteiger partial charge is 0.425 e. The molecule has 2 aliphatic rings. The summed E-state index contributed by atoms with van der Waals surface area (Å²) >= 11 is 0.498. The zero-order chi connectivity index (χ0) is 34.1. The molecule has 0 aliphatic carbocycles. The van der Waals surface area contributed by atoms with Crippen molar-refractivity contribution < 1.29 is 40.7 Å². The summed E-state index contributed by atoms with van der Waals surface area (Å²) in [4.78, 5) is 36.0. The van der Waals surface area contributed by atoms with Gasteiger partial charge in [-0.3, -0.25) is 14.6 Å². The number of nitrogens with zero attached hydrogens (tertiary/aromatic N) is 4. The van der Waals surface area contributed by atoms with Crippen molar-refractivity contribution in [1.29, 1.82) is 0 Å². The van der Waals surface area contributed by atoms with Gasteiger partial charge in [0.15, 0.2) is 6.23 Å². The van der Waals surface area contributed by atoms with Gasteiger partial charge in [-0.05, 0) is 54.7 Å². The Kier molecular flexibility index (Phi) is 10.1. The predicted octanol–water partition coefficient (Wildman–Crippen LogP) is 7.65. The van der Waals surface area contributed by atoms with Crippen molar-refractivity contribution in [2.75, 3.05) is 25.5 Å². The summed E-state index contributed by atoms with van der Waals surface area (Å²) in [5.41, 5.74) is 0.791. The number of benzene rings is 1. The number of unbranched alkanes of at least 4 members (excludes halogenated alkanes) is 1. The summed E-state index contributed by atoms with van der Waals surface area (Å²) in [5.74, 6) is -2.03. The summed E-state index contributed by atoms with van der Waals surface area (Å²) in [6, 6.07) is 7.91. The second kappa shape index (κ2) is 13.7. The number of likely N-dealkylation sites (tertiary alicyclic amines) is 1. The molecule has 3 aromatic rings. The molecule has 7 nitrogen and oxygen atoms in total. The molecule has 4 heterocycles. The van der Waals surface area contributed by atoms with Crippen LogP contribution in [0, 0.1) is 5.92 Å². The molecule has 14 heteroatoms. The van der Waals surface area contributed by atoms with Crippen molar-refractivity contribution in [2.24, 2.45) is 5.92 Å². The van der Waals surface area contributed by atoms with Crippen LogP contribution in [0.25, 0.3) is 0 Å². The molecule has 0 saturated carbocycles. The quantitative estimate of drug-likeness (QED) is 0.229. The molecule has 1 unspecified atom stereocenters. The zero-order valence-electron chi connectivity index (χ0n) is 26.2. The first-order chi connectivity index (χ1) is 22.2. The van der Waals surface area contributed by atoms with Crippen LogP contribution in [-0.2, 0) is 30.1 Å². The van der Waals surface area contributed by atoms with Crippen LogP contribution >= 0.6 is 11.3 Å². The van der Waals surface area contributed by atoms with Crippen LogP contribution in [0.15, 0.2) is 48.0 Å². The lowest BCUT2D eigenvalue weighted by Crippen LogP contribution is -2.57. The molecule has 5 rings (SSSR count). The number of halogens is 6. The first-order valence-electron chi connectivity index (χ1n) is 15.4. The normalized spacial score (nSPS) is 20.1. The molecular formula is C33H36F6N4O3S. The van der Waals surface area contributed by atoms with Crippen LogP contribution in [0.1, 0.15) is 71.1 Å². The van der Waals surface area contributed by atoms with Gasteiger partial charge < -0.3 is 19.4 Å². The number of amides is 2. The first-order valence-corrected chi connectivity index (χ1v) is 16.3. The maximum absolute atomic E-state index is 14.5. The van der Waals surface area contributed by atoms with E-state index in [1.165, 1.54) is 15.2 Å². The highest BCUT2D eigenvalue weighted by atomic mass is 32.1. The molecule has 1 fully saturated rings. The van der Waals surface area contributed by atoms with Crippen LogP contribution in [-0.4, -0.2) is 59.5 Å². The third-order valence-electron chi connectivity index (χ3n) is 8.73. The van der Waals surface area contributed by atoms with Crippen molar-refractivity contribution in [2.45, 2.75) is 76.6 Å². The van der Waals surface area contributed by atoms with Crippen LogP contribution in [0.4, 0.5) is 32.0 Å². The molecule has 2 amide bonds. The fraction of sp³-hybridized carbons (Fsp3) is 0.485. The van der Waals surface area contributed by atoms with Crippen LogP contribution in [0.5, 0.6) is 5.75 Å². The van der Waals surface area contributed by atoms with Crippen LogP contribution < -0.4 is 9.64 Å². The highest BCUT2D eigenvalue weighted by Crippen LogP contribution is 2.39. The number of rotatable bonds is 8. The Labute approximate surface area is 273 Å². The number of ether oxygens (including phenoxy) is 1. The van der Waals surface area contributed by atoms with E-state index < -0.39 is 52.6 Å². The first kappa shape index (κ1) is 34.5. The maximum atomic E-state index is 14.5. The minimum atomic E-state index is -4.80. The van der Waals surface area contributed by atoms with Gasteiger partial charge in [-0.1, -0.05) is 25.8 Å². The third-order valence-corrected chi connectivity index (χ3v) is 9.68. The number of hydrogen-bond acceptors (Lipinski definition) is 6. The van der Waals surface area contributed by atoms with E-state index in [0.29, 0.717) is 37.0 Å². The van der Waals surface area contributed by atoms with Gasteiger partial charge in [-0.2, -0.15) is 26.3 Å². The van der Waals surface area contributed by atoms with Crippen LogP contribution in [0.2, 0.25) is 0 Å². The summed E-state index contributed by atoms with van der Waals surface area (Å²) in [6.45, 7) is 2.22. The molecule has 0 bridgehead atoms. The molecule has 0 N–H and O–H groups in total. The van der Waals surface area contributed by atoms with Gasteiger partial charge in [-0.25, -0.2) is 0 Å². The molecule has 2 aliphatic heterocycles. The topological polar surface area (TPSA) is 66.0 Å².